The second-order valence-corrected chi connectivity index (χ2v) is 8.96. The van der Waals surface area contributed by atoms with E-state index in [4.69, 9.17) is 9.97 Å². The molecule has 4 aromatic rings. The van der Waals surface area contributed by atoms with E-state index in [-0.39, 0.29) is 5.78 Å². The van der Waals surface area contributed by atoms with E-state index in [1.165, 1.54) is 11.8 Å². The van der Waals surface area contributed by atoms with Gasteiger partial charge in [0.25, 0.3) is 0 Å². The molecule has 0 N–H and O–H groups in total. The Hall–Kier alpha value is -3.24. The van der Waals surface area contributed by atoms with Crippen molar-refractivity contribution in [1.82, 2.24) is 9.97 Å². The molecule has 4 rings (SSSR count). The highest BCUT2D eigenvalue weighted by atomic mass is 32.2. The molecule has 1 heterocycles. The minimum absolute atomic E-state index is 0.140. The first kappa shape index (κ1) is 22.0. The Kier molecular flexibility index (Phi) is 6.52. The van der Waals surface area contributed by atoms with Crippen LogP contribution in [0, 0.1) is 27.7 Å². The first-order valence-corrected chi connectivity index (χ1v) is 11.7. The summed E-state index contributed by atoms with van der Waals surface area (Å²) in [5, 5.41) is 1.80. The van der Waals surface area contributed by atoms with Gasteiger partial charge in [-0.2, -0.15) is 0 Å². The summed E-state index contributed by atoms with van der Waals surface area (Å²) in [5.74, 6) is 1.12. The van der Waals surface area contributed by atoms with Gasteiger partial charge < -0.3 is 0 Å². The second kappa shape index (κ2) is 9.49. The van der Waals surface area contributed by atoms with Gasteiger partial charge in [0, 0.05) is 10.9 Å². The molecule has 0 aliphatic heterocycles. The summed E-state index contributed by atoms with van der Waals surface area (Å²) >= 11 is 1.48. The molecule has 0 fully saturated rings. The van der Waals surface area contributed by atoms with Crippen molar-refractivity contribution in [2.75, 3.05) is 5.75 Å². The highest BCUT2D eigenvalue weighted by molar-refractivity contribution is 8.00. The van der Waals surface area contributed by atoms with Crippen molar-refractivity contribution in [3.8, 4) is 0 Å². The average Bonchev–Trinajstić information content (AvgIpc) is 2.80. The van der Waals surface area contributed by atoms with Crippen LogP contribution in [0.5, 0.6) is 0 Å². The van der Waals surface area contributed by atoms with E-state index in [0.29, 0.717) is 11.6 Å². The van der Waals surface area contributed by atoms with Gasteiger partial charge in [0.15, 0.2) is 11.6 Å². The number of carbonyl (C=O) groups excluding carboxylic acids is 1. The smallest absolute Gasteiger partial charge is 0.173 e. The molecule has 3 nitrogen and oxygen atoms in total. The zero-order valence-corrected chi connectivity index (χ0v) is 19.7. The maximum Gasteiger partial charge on any atom is 0.173 e. The molecule has 160 valence electrons. The number of carbonyl (C=O) groups is 1. The zero-order chi connectivity index (χ0) is 22.7. The number of hydrogen-bond acceptors (Lipinski definition) is 4. The minimum Gasteiger partial charge on any atom is -0.293 e. The van der Waals surface area contributed by atoms with Crippen LogP contribution in [0.1, 0.15) is 44.0 Å². The quantitative estimate of drug-likeness (QED) is 0.184. The summed E-state index contributed by atoms with van der Waals surface area (Å²) in [5.41, 5.74) is 7.26. The van der Waals surface area contributed by atoms with Crippen LogP contribution >= 0.6 is 11.8 Å². The largest absolute Gasteiger partial charge is 0.293 e. The lowest BCUT2D eigenvalue weighted by Gasteiger charge is -2.14. The molecule has 0 unspecified atom stereocenters. The monoisotopic (exact) mass is 438 g/mol. The van der Waals surface area contributed by atoms with Crippen LogP contribution in [0.25, 0.3) is 23.1 Å². The Labute approximate surface area is 193 Å². The number of rotatable bonds is 6. The third kappa shape index (κ3) is 4.66. The van der Waals surface area contributed by atoms with Crippen LogP contribution in [0.15, 0.2) is 65.7 Å². The van der Waals surface area contributed by atoms with Crippen LogP contribution in [0.4, 0.5) is 0 Å². The molecule has 32 heavy (non-hydrogen) atoms. The third-order valence-corrected chi connectivity index (χ3v) is 6.79. The van der Waals surface area contributed by atoms with E-state index >= 15 is 0 Å². The Morgan fingerprint density at radius 2 is 1.50 bits per heavy atom. The molecular weight excluding hydrogens is 412 g/mol. The van der Waals surface area contributed by atoms with Crippen LogP contribution in [0.3, 0.4) is 0 Å². The molecule has 0 spiro atoms. The number of aromatic nitrogens is 2. The van der Waals surface area contributed by atoms with Crippen LogP contribution in [0.2, 0.25) is 0 Å². The van der Waals surface area contributed by atoms with Gasteiger partial charge in [-0.15, -0.1) is 0 Å². The average molecular weight is 439 g/mol. The van der Waals surface area contributed by atoms with Gasteiger partial charge in [-0.25, -0.2) is 9.97 Å². The molecule has 4 heteroatoms. The Bertz CT molecular complexity index is 1300. The number of thioether (sulfide) groups is 1. The predicted molar refractivity (Wildman–Crippen MR) is 135 cm³/mol. The number of ketones is 1. The number of para-hydroxylation sites is 1. The molecule has 0 amide bonds. The highest BCUT2D eigenvalue weighted by Crippen LogP contribution is 2.28. The van der Waals surface area contributed by atoms with Crippen molar-refractivity contribution in [3.05, 3.63) is 99.9 Å². The van der Waals surface area contributed by atoms with E-state index in [1.54, 1.807) is 0 Å². The molecule has 1 aromatic heterocycles. The van der Waals surface area contributed by atoms with Gasteiger partial charge in [0.2, 0.25) is 0 Å². The first-order valence-electron chi connectivity index (χ1n) is 10.7. The summed E-state index contributed by atoms with van der Waals surface area (Å²) in [6.07, 6.45) is 3.93. The number of nitrogens with zero attached hydrogens (tertiary/aromatic N) is 2. The maximum absolute atomic E-state index is 13.2. The topological polar surface area (TPSA) is 42.9 Å². The van der Waals surface area contributed by atoms with Crippen LogP contribution in [-0.4, -0.2) is 21.5 Å². The van der Waals surface area contributed by atoms with Gasteiger partial charge in [-0.3, -0.25) is 4.79 Å². The van der Waals surface area contributed by atoms with Gasteiger partial charge in [0.05, 0.1) is 11.3 Å². The van der Waals surface area contributed by atoms with E-state index < -0.39 is 0 Å². The lowest BCUT2D eigenvalue weighted by atomic mass is 9.92. The SMILES string of the molecule is Cc1cc(C)c(C)c(C(=O)CSc2nc(/C=C/c3ccccc3)nc3ccccc23)c1C. The summed E-state index contributed by atoms with van der Waals surface area (Å²) in [7, 11) is 0. The first-order chi connectivity index (χ1) is 15.4. The zero-order valence-electron chi connectivity index (χ0n) is 18.8. The van der Waals surface area contributed by atoms with Crippen molar-refractivity contribution in [2.24, 2.45) is 0 Å². The molecule has 3 aromatic carbocycles. The summed E-state index contributed by atoms with van der Waals surface area (Å²) in [4.78, 5) is 22.7. The minimum atomic E-state index is 0.140. The normalized spacial score (nSPS) is 11.4. The molecule has 0 atom stereocenters. The van der Waals surface area contributed by atoms with Crippen molar-refractivity contribution >= 4 is 40.6 Å². The predicted octanol–water partition coefficient (Wildman–Crippen LogP) is 7.01. The lowest BCUT2D eigenvalue weighted by Crippen LogP contribution is -2.10. The number of fused-ring (bicyclic) bond motifs is 1. The Morgan fingerprint density at radius 3 is 2.22 bits per heavy atom. The molecular formula is C28H26N2OS. The van der Waals surface area contributed by atoms with Gasteiger partial charge in [-0.05, 0) is 67.7 Å². The van der Waals surface area contributed by atoms with Gasteiger partial charge in [0.1, 0.15) is 5.03 Å². The molecule has 0 radical (unpaired) electrons. The molecule has 0 saturated carbocycles. The Balaban J connectivity index is 1.64. The van der Waals surface area contributed by atoms with E-state index in [2.05, 4.69) is 19.9 Å². The van der Waals surface area contributed by atoms with Crippen molar-refractivity contribution in [1.29, 1.82) is 0 Å². The molecule has 0 aliphatic carbocycles. The number of aryl methyl sites for hydroxylation is 2. The van der Waals surface area contributed by atoms with Crippen molar-refractivity contribution < 1.29 is 4.79 Å². The summed E-state index contributed by atoms with van der Waals surface area (Å²) < 4.78 is 0. The molecule has 0 bridgehead atoms. The summed E-state index contributed by atoms with van der Waals surface area (Å²) in [6, 6.07) is 20.2. The maximum atomic E-state index is 13.2. The summed E-state index contributed by atoms with van der Waals surface area (Å²) in [6.45, 7) is 8.20. The van der Waals surface area contributed by atoms with Crippen molar-refractivity contribution in [2.45, 2.75) is 32.7 Å². The highest BCUT2D eigenvalue weighted by Gasteiger charge is 2.17. The Morgan fingerprint density at radius 1 is 0.844 bits per heavy atom. The fourth-order valence-corrected chi connectivity index (χ4v) is 4.72. The number of Topliss-reactive ketones (excluding diaryl/α,β-unsaturated/α-hetero) is 1. The third-order valence-electron chi connectivity index (χ3n) is 5.79. The second-order valence-electron chi connectivity index (χ2n) is 8.00. The standard InChI is InChI=1S/C28H26N2OS/c1-18-16-19(2)21(4)27(20(18)3)25(31)17-32-28-23-12-8-9-13-24(23)29-26(30-28)15-14-22-10-6-5-7-11-22/h5-16H,17H2,1-4H3/b15-14+. The fourth-order valence-electron chi connectivity index (χ4n) is 3.83. The number of hydrogen-bond donors (Lipinski definition) is 0. The molecule has 0 saturated heterocycles. The van der Waals surface area contributed by atoms with Crippen LogP contribution in [-0.2, 0) is 0 Å². The molecule has 0 aliphatic rings. The van der Waals surface area contributed by atoms with Gasteiger partial charge >= 0.3 is 0 Å². The van der Waals surface area contributed by atoms with Crippen molar-refractivity contribution in [3.63, 3.8) is 0 Å². The fraction of sp³-hybridized carbons (Fsp3) is 0.179. The van der Waals surface area contributed by atoms with E-state index in [0.717, 1.165) is 49.3 Å². The number of benzene rings is 3. The van der Waals surface area contributed by atoms with Gasteiger partial charge in [-0.1, -0.05) is 72.4 Å². The van der Waals surface area contributed by atoms with E-state index in [1.807, 2.05) is 80.6 Å². The van der Waals surface area contributed by atoms with E-state index in [9.17, 15) is 4.79 Å². The lowest BCUT2D eigenvalue weighted by molar-refractivity contribution is 0.102. The van der Waals surface area contributed by atoms with Crippen LogP contribution < -0.4 is 0 Å².